The molecule has 4 rings (SSSR count). The molecule has 1 saturated heterocycles. The standard InChI is InChI=1S/C22H23ClO3S/c1-14-8-16(24-11-17-12-25-22(2,3)26-17)5-6-18(14)20-13-27-21-7-4-15(10-23)9-19(20)21/h4-9,13,17H,10-12H2,1-3H3. The molecule has 5 heteroatoms. The molecule has 27 heavy (non-hydrogen) atoms. The molecule has 2 aromatic carbocycles. The lowest BCUT2D eigenvalue weighted by Gasteiger charge is -2.17. The van der Waals surface area contributed by atoms with E-state index in [1.165, 1.54) is 26.8 Å². The molecule has 2 heterocycles. The maximum absolute atomic E-state index is 6.02. The first-order valence-electron chi connectivity index (χ1n) is 9.07. The van der Waals surface area contributed by atoms with Gasteiger partial charge < -0.3 is 14.2 Å². The Bertz CT molecular complexity index is 963. The Balaban J connectivity index is 1.54. The smallest absolute Gasteiger partial charge is 0.163 e. The maximum Gasteiger partial charge on any atom is 0.163 e. The van der Waals surface area contributed by atoms with E-state index in [4.69, 9.17) is 25.8 Å². The van der Waals surface area contributed by atoms with Crippen LogP contribution in [0.1, 0.15) is 25.0 Å². The first kappa shape index (κ1) is 18.8. The highest BCUT2D eigenvalue weighted by molar-refractivity contribution is 7.17. The van der Waals surface area contributed by atoms with Gasteiger partial charge in [-0.2, -0.15) is 0 Å². The monoisotopic (exact) mass is 402 g/mol. The van der Waals surface area contributed by atoms with Gasteiger partial charge in [-0.3, -0.25) is 0 Å². The molecular weight excluding hydrogens is 380 g/mol. The predicted octanol–water partition coefficient (Wildman–Crippen LogP) is 6.15. The Morgan fingerprint density at radius 1 is 1.19 bits per heavy atom. The van der Waals surface area contributed by atoms with Crippen LogP contribution in [0.2, 0.25) is 0 Å². The number of aryl methyl sites for hydroxylation is 1. The van der Waals surface area contributed by atoms with Crippen LogP contribution in [0.4, 0.5) is 0 Å². The number of hydrogen-bond acceptors (Lipinski definition) is 4. The Kier molecular flexibility index (Phi) is 5.17. The van der Waals surface area contributed by atoms with Crippen molar-refractivity contribution >= 4 is 33.0 Å². The first-order chi connectivity index (χ1) is 12.9. The van der Waals surface area contributed by atoms with Crippen molar-refractivity contribution in [2.75, 3.05) is 13.2 Å². The quantitative estimate of drug-likeness (QED) is 0.479. The summed E-state index contributed by atoms with van der Waals surface area (Å²) >= 11 is 7.78. The highest BCUT2D eigenvalue weighted by Crippen LogP contribution is 2.37. The number of ether oxygens (including phenoxy) is 3. The molecular formula is C22H23ClO3S. The van der Waals surface area contributed by atoms with Crippen molar-refractivity contribution in [3.8, 4) is 16.9 Å². The summed E-state index contributed by atoms with van der Waals surface area (Å²) in [6, 6.07) is 12.7. The molecule has 0 N–H and O–H groups in total. The van der Waals surface area contributed by atoms with Crippen LogP contribution in [0.3, 0.4) is 0 Å². The van der Waals surface area contributed by atoms with Crippen LogP contribution in [0.15, 0.2) is 41.8 Å². The van der Waals surface area contributed by atoms with E-state index in [-0.39, 0.29) is 6.10 Å². The summed E-state index contributed by atoms with van der Waals surface area (Å²) in [6.45, 7) is 7.02. The summed E-state index contributed by atoms with van der Waals surface area (Å²) in [7, 11) is 0. The second-order valence-electron chi connectivity index (χ2n) is 7.35. The number of benzene rings is 2. The van der Waals surface area contributed by atoms with E-state index >= 15 is 0 Å². The molecule has 0 aliphatic carbocycles. The molecule has 1 aromatic heterocycles. The molecule has 0 saturated carbocycles. The van der Waals surface area contributed by atoms with E-state index in [0.29, 0.717) is 19.1 Å². The largest absolute Gasteiger partial charge is 0.491 e. The van der Waals surface area contributed by atoms with Crippen LogP contribution in [-0.4, -0.2) is 25.1 Å². The summed E-state index contributed by atoms with van der Waals surface area (Å²) in [5, 5.41) is 3.48. The molecule has 1 unspecified atom stereocenters. The molecule has 1 aliphatic heterocycles. The van der Waals surface area contributed by atoms with Crippen molar-refractivity contribution in [2.24, 2.45) is 0 Å². The second kappa shape index (κ2) is 7.44. The number of thiophene rings is 1. The Morgan fingerprint density at radius 2 is 2.04 bits per heavy atom. The highest BCUT2D eigenvalue weighted by Gasteiger charge is 2.32. The van der Waals surface area contributed by atoms with Gasteiger partial charge in [0, 0.05) is 21.5 Å². The van der Waals surface area contributed by atoms with E-state index in [0.717, 1.165) is 11.3 Å². The summed E-state index contributed by atoms with van der Waals surface area (Å²) < 4.78 is 18.6. The fraction of sp³-hybridized carbons (Fsp3) is 0.364. The van der Waals surface area contributed by atoms with Crippen molar-refractivity contribution < 1.29 is 14.2 Å². The third-order valence-corrected chi connectivity index (χ3v) is 6.06. The topological polar surface area (TPSA) is 27.7 Å². The summed E-state index contributed by atoms with van der Waals surface area (Å²) in [5.74, 6) is 0.863. The number of halogens is 1. The zero-order valence-electron chi connectivity index (χ0n) is 15.8. The van der Waals surface area contributed by atoms with E-state index in [2.05, 4.69) is 42.6 Å². The molecule has 1 fully saturated rings. The first-order valence-corrected chi connectivity index (χ1v) is 10.5. The SMILES string of the molecule is Cc1cc(OCC2COC(C)(C)O2)ccc1-c1csc2ccc(CCl)cc12. The van der Waals surface area contributed by atoms with Gasteiger partial charge in [0.1, 0.15) is 18.5 Å². The van der Waals surface area contributed by atoms with Gasteiger partial charge in [-0.05, 0) is 67.1 Å². The minimum absolute atomic E-state index is 0.0326. The lowest BCUT2D eigenvalue weighted by atomic mass is 9.99. The molecule has 1 atom stereocenters. The normalized spacial score (nSPS) is 18.9. The van der Waals surface area contributed by atoms with E-state index in [1.54, 1.807) is 11.3 Å². The van der Waals surface area contributed by atoms with Gasteiger partial charge in [0.05, 0.1) is 6.61 Å². The minimum atomic E-state index is -0.518. The molecule has 1 aliphatic rings. The van der Waals surface area contributed by atoms with Crippen LogP contribution >= 0.6 is 22.9 Å². The number of alkyl halides is 1. The fourth-order valence-electron chi connectivity index (χ4n) is 3.43. The summed E-state index contributed by atoms with van der Waals surface area (Å²) in [5.41, 5.74) is 4.80. The van der Waals surface area contributed by atoms with Crippen LogP contribution in [0, 0.1) is 6.92 Å². The molecule has 0 bridgehead atoms. The van der Waals surface area contributed by atoms with E-state index < -0.39 is 5.79 Å². The molecule has 142 valence electrons. The van der Waals surface area contributed by atoms with Crippen molar-refractivity contribution in [1.82, 2.24) is 0 Å². The predicted molar refractivity (Wildman–Crippen MR) is 112 cm³/mol. The zero-order valence-corrected chi connectivity index (χ0v) is 17.3. The highest BCUT2D eigenvalue weighted by atomic mass is 35.5. The van der Waals surface area contributed by atoms with E-state index in [9.17, 15) is 0 Å². The maximum atomic E-state index is 6.02. The van der Waals surface area contributed by atoms with E-state index in [1.807, 2.05) is 19.9 Å². The van der Waals surface area contributed by atoms with Gasteiger partial charge in [-0.25, -0.2) is 0 Å². The molecule has 3 aromatic rings. The van der Waals surface area contributed by atoms with Crippen LogP contribution in [0.25, 0.3) is 21.2 Å². The van der Waals surface area contributed by atoms with Gasteiger partial charge in [0.25, 0.3) is 0 Å². The Hall–Kier alpha value is -1.59. The van der Waals surface area contributed by atoms with Crippen molar-refractivity contribution in [3.63, 3.8) is 0 Å². The number of fused-ring (bicyclic) bond motifs is 1. The van der Waals surface area contributed by atoms with Gasteiger partial charge in [-0.15, -0.1) is 22.9 Å². The van der Waals surface area contributed by atoms with Gasteiger partial charge >= 0.3 is 0 Å². The summed E-state index contributed by atoms with van der Waals surface area (Å²) in [6.07, 6.45) is -0.0326. The van der Waals surface area contributed by atoms with Gasteiger partial charge in [0.15, 0.2) is 5.79 Å². The lowest BCUT2D eigenvalue weighted by Crippen LogP contribution is -2.25. The average Bonchev–Trinajstić information content (AvgIpc) is 3.22. The van der Waals surface area contributed by atoms with Crippen molar-refractivity contribution in [3.05, 3.63) is 52.9 Å². The van der Waals surface area contributed by atoms with Crippen LogP contribution in [0.5, 0.6) is 5.75 Å². The Morgan fingerprint density at radius 3 is 2.74 bits per heavy atom. The van der Waals surface area contributed by atoms with Crippen molar-refractivity contribution in [1.29, 1.82) is 0 Å². The van der Waals surface area contributed by atoms with Crippen LogP contribution in [-0.2, 0) is 15.4 Å². The zero-order chi connectivity index (χ0) is 19.0. The number of rotatable bonds is 5. The molecule has 0 spiro atoms. The van der Waals surface area contributed by atoms with Gasteiger partial charge in [0.2, 0.25) is 0 Å². The molecule has 0 amide bonds. The summed E-state index contributed by atoms with van der Waals surface area (Å²) in [4.78, 5) is 0. The van der Waals surface area contributed by atoms with Crippen LogP contribution < -0.4 is 4.74 Å². The second-order valence-corrected chi connectivity index (χ2v) is 8.53. The van der Waals surface area contributed by atoms with Gasteiger partial charge in [-0.1, -0.05) is 12.1 Å². The lowest BCUT2D eigenvalue weighted by molar-refractivity contribution is -0.141. The average molecular weight is 403 g/mol. The Labute approximate surface area is 168 Å². The molecule has 3 nitrogen and oxygen atoms in total. The third kappa shape index (κ3) is 3.99. The molecule has 0 radical (unpaired) electrons. The third-order valence-electron chi connectivity index (χ3n) is 4.78. The fourth-order valence-corrected chi connectivity index (χ4v) is 4.54. The number of hydrogen-bond donors (Lipinski definition) is 0. The van der Waals surface area contributed by atoms with Crippen molar-refractivity contribution in [2.45, 2.75) is 38.5 Å². The minimum Gasteiger partial charge on any atom is -0.491 e.